The standard InChI is InChI=1S/C13H19NO4/c1-2-11(12-4-3-6-18-12)14-5-7-17-9-10(14)8-13(15)16/h3-4,6,10-11H,2,5,7-9H2,1H3,(H,15,16). The minimum atomic E-state index is -0.787. The maximum atomic E-state index is 10.9. The van der Waals surface area contributed by atoms with Gasteiger partial charge in [-0.3, -0.25) is 9.69 Å². The number of carboxylic acid groups (broad SMARTS) is 1. The van der Waals surface area contributed by atoms with Crippen LogP contribution < -0.4 is 0 Å². The lowest BCUT2D eigenvalue weighted by molar-refractivity contribution is -0.141. The van der Waals surface area contributed by atoms with Crippen LogP contribution in [-0.4, -0.2) is 41.8 Å². The fraction of sp³-hybridized carbons (Fsp3) is 0.615. The highest BCUT2D eigenvalue weighted by atomic mass is 16.5. The molecule has 0 radical (unpaired) electrons. The lowest BCUT2D eigenvalue weighted by Gasteiger charge is -2.39. The molecule has 2 atom stereocenters. The topological polar surface area (TPSA) is 62.9 Å². The first-order chi connectivity index (χ1) is 8.72. The first-order valence-electron chi connectivity index (χ1n) is 6.31. The molecule has 1 aliphatic rings. The van der Waals surface area contributed by atoms with Crippen LogP contribution in [0.2, 0.25) is 0 Å². The summed E-state index contributed by atoms with van der Waals surface area (Å²) in [4.78, 5) is 13.1. The Morgan fingerprint density at radius 2 is 2.50 bits per heavy atom. The van der Waals surface area contributed by atoms with Crippen molar-refractivity contribution in [2.45, 2.75) is 31.8 Å². The first kappa shape index (κ1) is 13.1. The monoisotopic (exact) mass is 253 g/mol. The zero-order valence-corrected chi connectivity index (χ0v) is 10.5. The van der Waals surface area contributed by atoms with Crippen LogP contribution in [-0.2, 0) is 9.53 Å². The highest BCUT2D eigenvalue weighted by Gasteiger charge is 2.32. The largest absolute Gasteiger partial charge is 0.481 e. The van der Waals surface area contributed by atoms with Crippen molar-refractivity contribution in [2.24, 2.45) is 0 Å². The molecule has 0 amide bonds. The predicted molar refractivity (Wildman–Crippen MR) is 65.3 cm³/mol. The number of rotatable bonds is 5. The first-order valence-corrected chi connectivity index (χ1v) is 6.31. The minimum absolute atomic E-state index is 0.0775. The van der Waals surface area contributed by atoms with Crippen molar-refractivity contribution in [3.8, 4) is 0 Å². The van der Waals surface area contributed by atoms with E-state index in [-0.39, 0.29) is 18.5 Å². The second-order valence-corrected chi connectivity index (χ2v) is 4.50. The average molecular weight is 253 g/mol. The van der Waals surface area contributed by atoms with Crippen molar-refractivity contribution in [3.63, 3.8) is 0 Å². The second kappa shape index (κ2) is 6.02. The van der Waals surface area contributed by atoms with Gasteiger partial charge in [0.2, 0.25) is 0 Å². The van der Waals surface area contributed by atoms with Crippen molar-refractivity contribution in [3.05, 3.63) is 24.2 Å². The van der Waals surface area contributed by atoms with Gasteiger partial charge in [-0.15, -0.1) is 0 Å². The van der Waals surface area contributed by atoms with E-state index in [9.17, 15) is 4.79 Å². The quantitative estimate of drug-likeness (QED) is 0.868. The number of furan rings is 1. The van der Waals surface area contributed by atoms with E-state index in [4.69, 9.17) is 14.3 Å². The number of hydrogen-bond acceptors (Lipinski definition) is 4. The van der Waals surface area contributed by atoms with Gasteiger partial charge in [0.25, 0.3) is 0 Å². The molecule has 1 aliphatic heterocycles. The molecule has 1 saturated heterocycles. The zero-order valence-electron chi connectivity index (χ0n) is 10.5. The third kappa shape index (κ3) is 2.91. The Morgan fingerprint density at radius 3 is 3.11 bits per heavy atom. The van der Waals surface area contributed by atoms with E-state index in [0.29, 0.717) is 13.2 Å². The summed E-state index contributed by atoms with van der Waals surface area (Å²) in [7, 11) is 0. The van der Waals surface area contributed by atoms with Crippen LogP contribution in [0.4, 0.5) is 0 Å². The summed E-state index contributed by atoms with van der Waals surface area (Å²) < 4.78 is 10.9. The predicted octanol–water partition coefficient (Wildman–Crippen LogP) is 1.91. The number of carbonyl (C=O) groups is 1. The SMILES string of the molecule is CCC(c1ccco1)N1CCOCC1CC(=O)O. The van der Waals surface area contributed by atoms with Crippen molar-refractivity contribution in [1.29, 1.82) is 0 Å². The van der Waals surface area contributed by atoms with Gasteiger partial charge < -0.3 is 14.3 Å². The molecule has 0 aromatic carbocycles. The molecule has 18 heavy (non-hydrogen) atoms. The molecule has 5 heteroatoms. The van der Waals surface area contributed by atoms with Gasteiger partial charge in [-0.05, 0) is 18.6 Å². The van der Waals surface area contributed by atoms with E-state index in [1.807, 2.05) is 12.1 Å². The average Bonchev–Trinajstić information content (AvgIpc) is 2.85. The third-order valence-electron chi connectivity index (χ3n) is 3.34. The Labute approximate surface area is 106 Å². The molecule has 2 heterocycles. The summed E-state index contributed by atoms with van der Waals surface area (Å²) in [6, 6.07) is 3.87. The molecule has 1 N–H and O–H groups in total. The van der Waals surface area contributed by atoms with E-state index in [2.05, 4.69) is 11.8 Å². The van der Waals surface area contributed by atoms with Gasteiger partial charge in [0, 0.05) is 12.6 Å². The third-order valence-corrected chi connectivity index (χ3v) is 3.34. The van der Waals surface area contributed by atoms with E-state index in [0.717, 1.165) is 18.7 Å². The molecule has 2 unspecified atom stereocenters. The van der Waals surface area contributed by atoms with Gasteiger partial charge in [-0.25, -0.2) is 0 Å². The lowest BCUT2D eigenvalue weighted by atomic mass is 10.0. The molecule has 2 rings (SSSR count). The minimum Gasteiger partial charge on any atom is -0.481 e. The molecule has 0 aliphatic carbocycles. The second-order valence-electron chi connectivity index (χ2n) is 4.50. The number of aliphatic carboxylic acids is 1. The fourth-order valence-corrected chi connectivity index (χ4v) is 2.54. The summed E-state index contributed by atoms with van der Waals surface area (Å²) in [6.45, 7) is 3.95. The summed E-state index contributed by atoms with van der Waals surface area (Å²) in [5.41, 5.74) is 0. The molecule has 1 fully saturated rings. The van der Waals surface area contributed by atoms with Crippen LogP contribution in [0.3, 0.4) is 0 Å². The van der Waals surface area contributed by atoms with Crippen LogP contribution >= 0.6 is 0 Å². The van der Waals surface area contributed by atoms with Gasteiger partial charge in [0.05, 0.1) is 31.9 Å². The smallest absolute Gasteiger partial charge is 0.305 e. The molecule has 1 aromatic heterocycles. The Bertz CT molecular complexity index is 376. The molecular formula is C13H19NO4. The Kier molecular flexibility index (Phi) is 4.38. The van der Waals surface area contributed by atoms with E-state index in [1.54, 1.807) is 6.26 Å². The summed E-state index contributed by atoms with van der Waals surface area (Å²) in [6.07, 6.45) is 2.66. The molecule has 0 saturated carbocycles. The molecule has 100 valence electrons. The number of hydrogen-bond donors (Lipinski definition) is 1. The Balaban J connectivity index is 2.13. The number of carboxylic acids is 1. The highest BCUT2D eigenvalue weighted by molar-refractivity contribution is 5.67. The number of nitrogens with zero attached hydrogens (tertiary/aromatic N) is 1. The molecule has 1 aromatic rings. The normalized spacial score (nSPS) is 22.8. The van der Waals surface area contributed by atoms with Crippen LogP contribution in [0, 0.1) is 0 Å². The van der Waals surface area contributed by atoms with Crippen molar-refractivity contribution >= 4 is 5.97 Å². The highest BCUT2D eigenvalue weighted by Crippen LogP contribution is 2.29. The lowest BCUT2D eigenvalue weighted by Crippen LogP contribution is -2.48. The summed E-state index contributed by atoms with van der Waals surface area (Å²) in [5, 5.41) is 8.96. The van der Waals surface area contributed by atoms with E-state index >= 15 is 0 Å². The molecule has 0 bridgehead atoms. The van der Waals surface area contributed by atoms with Gasteiger partial charge in [-0.1, -0.05) is 6.92 Å². The summed E-state index contributed by atoms with van der Waals surface area (Å²) in [5.74, 6) is 0.111. The number of ether oxygens (including phenoxy) is 1. The zero-order chi connectivity index (χ0) is 13.0. The fourth-order valence-electron chi connectivity index (χ4n) is 2.54. The maximum Gasteiger partial charge on any atom is 0.305 e. The molecule has 0 spiro atoms. The van der Waals surface area contributed by atoms with Gasteiger partial charge in [0.15, 0.2) is 0 Å². The maximum absolute atomic E-state index is 10.9. The van der Waals surface area contributed by atoms with Crippen molar-refractivity contribution in [1.82, 2.24) is 4.90 Å². The van der Waals surface area contributed by atoms with Crippen LogP contribution in [0.25, 0.3) is 0 Å². The van der Waals surface area contributed by atoms with Gasteiger partial charge >= 0.3 is 5.97 Å². The van der Waals surface area contributed by atoms with E-state index in [1.165, 1.54) is 0 Å². The van der Waals surface area contributed by atoms with Gasteiger partial charge in [0.1, 0.15) is 5.76 Å². The number of morpholine rings is 1. The van der Waals surface area contributed by atoms with Crippen molar-refractivity contribution in [2.75, 3.05) is 19.8 Å². The van der Waals surface area contributed by atoms with E-state index < -0.39 is 5.97 Å². The molecule has 5 nitrogen and oxygen atoms in total. The van der Waals surface area contributed by atoms with Crippen molar-refractivity contribution < 1.29 is 19.1 Å². The van der Waals surface area contributed by atoms with Crippen LogP contribution in [0.15, 0.2) is 22.8 Å². The molecular weight excluding hydrogens is 234 g/mol. The summed E-state index contributed by atoms with van der Waals surface area (Å²) >= 11 is 0. The Morgan fingerprint density at radius 1 is 1.67 bits per heavy atom. The van der Waals surface area contributed by atoms with Crippen LogP contribution in [0.1, 0.15) is 31.6 Å². The Hall–Kier alpha value is -1.33. The van der Waals surface area contributed by atoms with Crippen LogP contribution in [0.5, 0.6) is 0 Å². The van der Waals surface area contributed by atoms with Gasteiger partial charge in [-0.2, -0.15) is 0 Å².